The summed E-state index contributed by atoms with van der Waals surface area (Å²) in [4.78, 5) is 8.54. The Labute approximate surface area is 91.8 Å². The van der Waals surface area contributed by atoms with E-state index in [1.165, 1.54) is 11.3 Å². The number of aromatic nitrogens is 4. The summed E-state index contributed by atoms with van der Waals surface area (Å²) in [6, 6.07) is 0. The summed E-state index contributed by atoms with van der Waals surface area (Å²) in [5.74, 6) is 2.02. The van der Waals surface area contributed by atoms with Crippen LogP contribution in [0.2, 0.25) is 0 Å². The van der Waals surface area contributed by atoms with Crippen LogP contribution >= 0.6 is 11.3 Å². The first-order valence-corrected chi connectivity index (χ1v) is 5.64. The summed E-state index contributed by atoms with van der Waals surface area (Å²) in [7, 11) is 0. The second kappa shape index (κ2) is 3.98. The van der Waals surface area contributed by atoms with Gasteiger partial charge in [0, 0.05) is 11.3 Å². The van der Waals surface area contributed by atoms with Gasteiger partial charge >= 0.3 is 0 Å². The van der Waals surface area contributed by atoms with Gasteiger partial charge in [0.2, 0.25) is 0 Å². The molecule has 0 spiro atoms. The number of hydrogen-bond donors (Lipinski definition) is 2. The van der Waals surface area contributed by atoms with Gasteiger partial charge in [-0.3, -0.25) is 5.10 Å². The van der Waals surface area contributed by atoms with E-state index in [0.717, 1.165) is 17.3 Å². The van der Waals surface area contributed by atoms with Crippen LogP contribution in [0.3, 0.4) is 0 Å². The zero-order valence-electron chi connectivity index (χ0n) is 8.69. The summed E-state index contributed by atoms with van der Waals surface area (Å²) >= 11 is 1.44. The maximum atomic E-state index is 5.55. The molecule has 0 aliphatic rings. The van der Waals surface area contributed by atoms with Crippen molar-refractivity contribution >= 4 is 16.5 Å². The Morgan fingerprint density at radius 3 is 2.80 bits per heavy atom. The van der Waals surface area contributed by atoms with Gasteiger partial charge in [-0.1, -0.05) is 13.8 Å². The lowest BCUT2D eigenvalue weighted by molar-refractivity contribution is 0.780. The van der Waals surface area contributed by atoms with Crippen molar-refractivity contribution in [3.05, 3.63) is 22.7 Å². The average molecular weight is 223 g/mol. The van der Waals surface area contributed by atoms with E-state index < -0.39 is 0 Å². The molecule has 3 N–H and O–H groups in total. The number of rotatable bonds is 3. The summed E-state index contributed by atoms with van der Waals surface area (Å²) in [6.07, 6.45) is 0.660. The van der Waals surface area contributed by atoms with E-state index in [2.05, 4.69) is 34.0 Å². The standard InChI is InChI=1S/C9H13N5S/c1-5(2)8-12-7(13-14-8)3-6-4-15-9(10)11-6/h4-5H,3H2,1-2H3,(H2,10,11)(H,12,13,14). The quantitative estimate of drug-likeness (QED) is 0.827. The number of H-pyrrole nitrogens is 1. The molecule has 0 bridgehead atoms. The van der Waals surface area contributed by atoms with E-state index in [1.807, 2.05) is 5.38 Å². The first-order valence-electron chi connectivity index (χ1n) is 4.76. The lowest BCUT2D eigenvalue weighted by Gasteiger charge is -1.93. The minimum Gasteiger partial charge on any atom is -0.375 e. The highest BCUT2D eigenvalue weighted by Gasteiger charge is 2.08. The first-order chi connectivity index (χ1) is 7.15. The summed E-state index contributed by atoms with van der Waals surface area (Å²) in [6.45, 7) is 4.13. The Balaban J connectivity index is 2.11. The van der Waals surface area contributed by atoms with Crippen molar-refractivity contribution in [3.8, 4) is 0 Å². The SMILES string of the molecule is CC(C)c1n[nH]c(Cc2csc(N)n2)n1. The van der Waals surface area contributed by atoms with Crippen molar-refractivity contribution in [2.75, 3.05) is 5.73 Å². The third kappa shape index (κ3) is 2.33. The van der Waals surface area contributed by atoms with Gasteiger partial charge in [-0.2, -0.15) is 5.10 Å². The van der Waals surface area contributed by atoms with Crippen LogP contribution in [-0.2, 0) is 6.42 Å². The number of thiazole rings is 1. The van der Waals surface area contributed by atoms with Crippen LogP contribution in [-0.4, -0.2) is 20.2 Å². The number of aromatic amines is 1. The summed E-state index contributed by atoms with van der Waals surface area (Å²) in [5, 5.41) is 9.56. The molecule has 2 aromatic rings. The maximum Gasteiger partial charge on any atom is 0.180 e. The van der Waals surface area contributed by atoms with E-state index in [1.54, 1.807) is 0 Å². The van der Waals surface area contributed by atoms with Gasteiger partial charge < -0.3 is 5.73 Å². The predicted octanol–water partition coefficient (Wildman–Crippen LogP) is 1.56. The number of hydrogen-bond acceptors (Lipinski definition) is 5. The van der Waals surface area contributed by atoms with E-state index >= 15 is 0 Å². The fraction of sp³-hybridized carbons (Fsp3) is 0.444. The molecule has 6 heteroatoms. The third-order valence-electron chi connectivity index (χ3n) is 1.98. The largest absolute Gasteiger partial charge is 0.375 e. The molecule has 15 heavy (non-hydrogen) atoms. The Morgan fingerprint density at radius 1 is 1.47 bits per heavy atom. The number of anilines is 1. The van der Waals surface area contributed by atoms with Crippen molar-refractivity contribution in [1.29, 1.82) is 0 Å². The van der Waals surface area contributed by atoms with Crippen LogP contribution in [0.15, 0.2) is 5.38 Å². The molecule has 0 radical (unpaired) electrons. The van der Waals surface area contributed by atoms with Crippen LogP contribution in [0, 0.1) is 0 Å². The Bertz CT molecular complexity index is 445. The van der Waals surface area contributed by atoms with Crippen molar-refractivity contribution in [2.45, 2.75) is 26.2 Å². The van der Waals surface area contributed by atoms with E-state index in [9.17, 15) is 0 Å². The van der Waals surface area contributed by atoms with E-state index in [4.69, 9.17) is 5.73 Å². The minimum absolute atomic E-state index is 0.343. The van der Waals surface area contributed by atoms with Gasteiger partial charge in [0.15, 0.2) is 11.0 Å². The van der Waals surface area contributed by atoms with E-state index in [0.29, 0.717) is 17.5 Å². The number of nitrogens with one attached hydrogen (secondary N) is 1. The van der Waals surface area contributed by atoms with Crippen molar-refractivity contribution < 1.29 is 0 Å². The van der Waals surface area contributed by atoms with Crippen molar-refractivity contribution in [1.82, 2.24) is 20.2 Å². The summed E-state index contributed by atoms with van der Waals surface area (Å²) in [5.41, 5.74) is 6.48. The smallest absolute Gasteiger partial charge is 0.180 e. The van der Waals surface area contributed by atoms with Crippen LogP contribution in [0.4, 0.5) is 5.13 Å². The molecule has 2 rings (SSSR count). The second-order valence-corrected chi connectivity index (χ2v) is 4.54. The zero-order chi connectivity index (χ0) is 10.8. The summed E-state index contributed by atoms with van der Waals surface area (Å²) < 4.78 is 0. The third-order valence-corrected chi connectivity index (χ3v) is 2.71. The molecule has 0 aromatic carbocycles. The molecule has 0 unspecified atom stereocenters. The Morgan fingerprint density at radius 2 is 2.27 bits per heavy atom. The molecule has 0 atom stereocenters. The van der Waals surface area contributed by atoms with Crippen LogP contribution in [0.5, 0.6) is 0 Å². The number of nitrogens with two attached hydrogens (primary N) is 1. The topological polar surface area (TPSA) is 80.5 Å². The Kier molecular flexibility index (Phi) is 2.68. The highest BCUT2D eigenvalue weighted by atomic mass is 32.1. The second-order valence-electron chi connectivity index (χ2n) is 3.65. The normalized spacial score (nSPS) is 11.1. The molecular weight excluding hydrogens is 210 g/mol. The average Bonchev–Trinajstić information content (AvgIpc) is 2.76. The molecule has 5 nitrogen and oxygen atoms in total. The molecular formula is C9H13N5S. The molecule has 80 valence electrons. The molecule has 2 aromatic heterocycles. The van der Waals surface area contributed by atoms with Gasteiger partial charge in [0.05, 0.1) is 12.1 Å². The van der Waals surface area contributed by atoms with Gasteiger partial charge in [-0.25, -0.2) is 9.97 Å². The molecule has 0 fully saturated rings. The van der Waals surface area contributed by atoms with Crippen molar-refractivity contribution in [2.24, 2.45) is 0 Å². The molecule has 0 saturated heterocycles. The van der Waals surface area contributed by atoms with Gasteiger partial charge in [0.1, 0.15) is 5.82 Å². The highest BCUT2D eigenvalue weighted by Crippen LogP contribution is 2.14. The first kappa shape index (κ1) is 10.1. The van der Waals surface area contributed by atoms with Gasteiger partial charge in [-0.15, -0.1) is 11.3 Å². The minimum atomic E-state index is 0.343. The predicted molar refractivity (Wildman–Crippen MR) is 59.8 cm³/mol. The molecule has 0 saturated carbocycles. The molecule has 0 amide bonds. The monoisotopic (exact) mass is 223 g/mol. The van der Waals surface area contributed by atoms with Crippen molar-refractivity contribution in [3.63, 3.8) is 0 Å². The van der Waals surface area contributed by atoms with E-state index in [-0.39, 0.29) is 0 Å². The van der Waals surface area contributed by atoms with Crippen LogP contribution in [0.1, 0.15) is 37.1 Å². The van der Waals surface area contributed by atoms with Gasteiger partial charge in [0.25, 0.3) is 0 Å². The zero-order valence-corrected chi connectivity index (χ0v) is 9.51. The van der Waals surface area contributed by atoms with Crippen LogP contribution < -0.4 is 5.73 Å². The fourth-order valence-electron chi connectivity index (χ4n) is 1.22. The molecule has 0 aliphatic carbocycles. The maximum absolute atomic E-state index is 5.55. The fourth-order valence-corrected chi connectivity index (χ4v) is 1.79. The highest BCUT2D eigenvalue weighted by molar-refractivity contribution is 7.13. The molecule has 2 heterocycles. The lowest BCUT2D eigenvalue weighted by atomic mass is 10.2. The number of nitrogen functional groups attached to an aromatic ring is 1. The Hall–Kier alpha value is -1.43. The number of nitrogens with zero attached hydrogens (tertiary/aromatic N) is 3. The molecule has 0 aliphatic heterocycles. The van der Waals surface area contributed by atoms with Gasteiger partial charge in [-0.05, 0) is 0 Å². The lowest BCUT2D eigenvalue weighted by Crippen LogP contribution is -1.93. The van der Waals surface area contributed by atoms with Crippen LogP contribution in [0.25, 0.3) is 0 Å².